The van der Waals surface area contributed by atoms with Crippen molar-refractivity contribution in [3.63, 3.8) is 0 Å². The molecule has 2 rings (SSSR count). The monoisotopic (exact) mass is 270 g/mol. The van der Waals surface area contributed by atoms with Gasteiger partial charge in [0.2, 0.25) is 0 Å². The van der Waals surface area contributed by atoms with E-state index < -0.39 is 0 Å². The molecule has 0 saturated heterocycles. The molecule has 0 atom stereocenters. The van der Waals surface area contributed by atoms with Crippen LogP contribution in [0.1, 0.15) is 23.6 Å². The summed E-state index contributed by atoms with van der Waals surface area (Å²) in [5, 5.41) is 11.8. The van der Waals surface area contributed by atoms with Gasteiger partial charge in [0, 0.05) is 11.1 Å². The molecule has 4 heteroatoms. The zero-order valence-electron chi connectivity index (χ0n) is 11.4. The van der Waals surface area contributed by atoms with Gasteiger partial charge in [-0.2, -0.15) is 0 Å². The highest BCUT2D eigenvalue weighted by molar-refractivity contribution is 5.98. The summed E-state index contributed by atoms with van der Waals surface area (Å²) in [6.45, 7) is 2.49. The maximum absolute atomic E-state index is 8.78. The fraction of sp³-hybridized carbons (Fsp3) is 0.188. The van der Waals surface area contributed by atoms with E-state index >= 15 is 0 Å². The summed E-state index contributed by atoms with van der Waals surface area (Å²) in [6, 6.07) is 15.4. The first-order chi connectivity index (χ1) is 9.74. The van der Waals surface area contributed by atoms with Crippen molar-refractivity contribution in [3.05, 3.63) is 65.2 Å². The molecule has 0 heterocycles. The van der Waals surface area contributed by atoms with Crippen molar-refractivity contribution in [1.82, 2.24) is 0 Å². The van der Waals surface area contributed by atoms with E-state index in [1.54, 1.807) is 6.07 Å². The largest absolute Gasteiger partial charge is 0.489 e. The van der Waals surface area contributed by atoms with E-state index in [0.29, 0.717) is 12.2 Å². The lowest BCUT2D eigenvalue weighted by Crippen LogP contribution is -2.16. The molecule has 0 amide bonds. The fourth-order valence-corrected chi connectivity index (χ4v) is 1.93. The number of nitrogens with zero attached hydrogens (tertiary/aromatic N) is 1. The van der Waals surface area contributed by atoms with Crippen molar-refractivity contribution in [2.75, 3.05) is 0 Å². The minimum Gasteiger partial charge on any atom is -0.489 e. The number of aryl methyl sites for hydroxylation is 1. The molecular formula is C16H18N2O2. The Kier molecular flexibility index (Phi) is 4.60. The van der Waals surface area contributed by atoms with Crippen LogP contribution in [0.5, 0.6) is 5.75 Å². The van der Waals surface area contributed by atoms with E-state index in [1.807, 2.05) is 42.5 Å². The molecule has 2 aromatic carbocycles. The fourth-order valence-electron chi connectivity index (χ4n) is 1.93. The number of benzene rings is 2. The maximum atomic E-state index is 8.78. The number of rotatable bonds is 5. The summed E-state index contributed by atoms with van der Waals surface area (Å²) in [7, 11) is 0. The van der Waals surface area contributed by atoms with E-state index in [-0.39, 0.29) is 5.84 Å². The van der Waals surface area contributed by atoms with Gasteiger partial charge in [0.25, 0.3) is 0 Å². The zero-order chi connectivity index (χ0) is 14.4. The minimum atomic E-state index is 0.0885. The Morgan fingerprint density at radius 3 is 2.50 bits per heavy atom. The summed E-state index contributed by atoms with van der Waals surface area (Å²) < 4.78 is 5.73. The van der Waals surface area contributed by atoms with Crippen molar-refractivity contribution in [3.8, 4) is 5.75 Å². The van der Waals surface area contributed by atoms with Crippen LogP contribution in [0.2, 0.25) is 0 Å². The van der Waals surface area contributed by atoms with Gasteiger partial charge in [-0.15, -0.1) is 0 Å². The van der Waals surface area contributed by atoms with Crippen LogP contribution in [0.4, 0.5) is 0 Å². The molecule has 0 unspecified atom stereocenters. The molecule has 0 aliphatic rings. The molecular weight excluding hydrogens is 252 g/mol. The molecule has 0 bridgehead atoms. The summed E-state index contributed by atoms with van der Waals surface area (Å²) in [6.07, 6.45) is 1.01. The summed E-state index contributed by atoms with van der Waals surface area (Å²) in [5.41, 5.74) is 8.48. The first-order valence-electron chi connectivity index (χ1n) is 6.52. The Bertz CT molecular complexity index is 592. The smallest absolute Gasteiger partial charge is 0.170 e. The van der Waals surface area contributed by atoms with Gasteiger partial charge in [-0.25, -0.2) is 0 Å². The molecule has 0 aliphatic heterocycles. The summed E-state index contributed by atoms with van der Waals surface area (Å²) in [5.74, 6) is 0.891. The molecule has 0 aromatic heterocycles. The summed E-state index contributed by atoms with van der Waals surface area (Å²) in [4.78, 5) is 0. The quantitative estimate of drug-likeness (QED) is 0.380. The Hall–Kier alpha value is -2.49. The van der Waals surface area contributed by atoms with Crippen LogP contribution in [-0.4, -0.2) is 11.0 Å². The van der Waals surface area contributed by atoms with Gasteiger partial charge in [0.1, 0.15) is 12.4 Å². The van der Waals surface area contributed by atoms with Gasteiger partial charge in [-0.3, -0.25) is 0 Å². The third-order valence-corrected chi connectivity index (χ3v) is 3.13. The Morgan fingerprint density at radius 1 is 1.15 bits per heavy atom. The lowest BCUT2D eigenvalue weighted by molar-refractivity contribution is 0.305. The highest BCUT2D eigenvalue weighted by Crippen LogP contribution is 2.16. The van der Waals surface area contributed by atoms with Crippen LogP contribution in [-0.2, 0) is 13.0 Å². The molecule has 0 fully saturated rings. The molecule has 4 nitrogen and oxygen atoms in total. The second-order valence-electron chi connectivity index (χ2n) is 4.43. The van der Waals surface area contributed by atoms with Crippen molar-refractivity contribution in [2.45, 2.75) is 20.0 Å². The predicted octanol–water partition coefficient (Wildman–Crippen LogP) is 2.92. The average molecular weight is 270 g/mol. The second-order valence-corrected chi connectivity index (χ2v) is 4.43. The lowest BCUT2D eigenvalue weighted by atomic mass is 10.1. The van der Waals surface area contributed by atoms with Crippen LogP contribution in [0.3, 0.4) is 0 Å². The van der Waals surface area contributed by atoms with E-state index in [0.717, 1.165) is 17.7 Å². The second kappa shape index (κ2) is 6.61. The van der Waals surface area contributed by atoms with Crippen LogP contribution in [0.15, 0.2) is 53.7 Å². The summed E-state index contributed by atoms with van der Waals surface area (Å²) >= 11 is 0. The van der Waals surface area contributed by atoms with E-state index in [9.17, 15) is 0 Å². The highest BCUT2D eigenvalue weighted by atomic mass is 16.5. The molecule has 0 saturated carbocycles. The SMILES string of the molecule is CCc1ccc(OCc2ccccc2/C(N)=N/O)cc1. The molecule has 0 aliphatic carbocycles. The van der Waals surface area contributed by atoms with Crippen molar-refractivity contribution in [1.29, 1.82) is 0 Å². The molecule has 2 aromatic rings. The standard InChI is InChI=1S/C16H18N2O2/c1-2-12-7-9-14(10-8-12)20-11-13-5-3-4-6-15(13)16(17)18-19/h3-10,19H,2,11H2,1H3,(H2,17,18). The van der Waals surface area contributed by atoms with Crippen LogP contribution < -0.4 is 10.5 Å². The van der Waals surface area contributed by atoms with E-state index in [2.05, 4.69) is 12.1 Å². The Morgan fingerprint density at radius 2 is 1.85 bits per heavy atom. The molecule has 0 radical (unpaired) electrons. The number of hydrogen-bond acceptors (Lipinski definition) is 3. The number of nitrogens with two attached hydrogens (primary N) is 1. The number of hydrogen-bond donors (Lipinski definition) is 2. The van der Waals surface area contributed by atoms with Gasteiger partial charge in [0.15, 0.2) is 5.84 Å². The van der Waals surface area contributed by atoms with Gasteiger partial charge in [-0.05, 0) is 24.1 Å². The highest BCUT2D eigenvalue weighted by Gasteiger charge is 2.06. The number of oxime groups is 1. The number of amidine groups is 1. The first-order valence-corrected chi connectivity index (χ1v) is 6.52. The van der Waals surface area contributed by atoms with Crippen molar-refractivity contribution < 1.29 is 9.94 Å². The zero-order valence-corrected chi connectivity index (χ0v) is 11.4. The predicted molar refractivity (Wildman–Crippen MR) is 79.1 cm³/mol. The minimum absolute atomic E-state index is 0.0885. The van der Waals surface area contributed by atoms with Crippen molar-refractivity contribution in [2.24, 2.45) is 10.9 Å². The topological polar surface area (TPSA) is 67.8 Å². The van der Waals surface area contributed by atoms with Gasteiger partial charge < -0.3 is 15.7 Å². The first kappa shape index (κ1) is 13.9. The van der Waals surface area contributed by atoms with Crippen LogP contribution >= 0.6 is 0 Å². The van der Waals surface area contributed by atoms with E-state index in [4.69, 9.17) is 15.7 Å². The number of ether oxygens (including phenoxy) is 1. The Balaban J connectivity index is 2.10. The van der Waals surface area contributed by atoms with E-state index in [1.165, 1.54) is 5.56 Å². The average Bonchev–Trinajstić information content (AvgIpc) is 2.53. The van der Waals surface area contributed by atoms with Gasteiger partial charge in [-0.1, -0.05) is 48.5 Å². The van der Waals surface area contributed by atoms with Gasteiger partial charge in [0.05, 0.1) is 0 Å². The lowest BCUT2D eigenvalue weighted by Gasteiger charge is -2.10. The third kappa shape index (κ3) is 3.29. The van der Waals surface area contributed by atoms with Gasteiger partial charge >= 0.3 is 0 Å². The molecule has 3 N–H and O–H groups in total. The Labute approximate surface area is 118 Å². The molecule has 104 valence electrons. The van der Waals surface area contributed by atoms with Crippen LogP contribution in [0.25, 0.3) is 0 Å². The van der Waals surface area contributed by atoms with Crippen LogP contribution in [0, 0.1) is 0 Å². The molecule has 20 heavy (non-hydrogen) atoms. The third-order valence-electron chi connectivity index (χ3n) is 3.13. The maximum Gasteiger partial charge on any atom is 0.170 e. The van der Waals surface area contributed by atoms with Crippen molar-refractivity contribution >= 4 is 5.84 Å². The normalized spacial score (nSPS) is 11.3. The molecule has 0 spiro atoms.